The molecule has 0 atom stereocenters. The van der Waals surface area contributed by atoms with Gasteiger partial charge in [-0.05, 0) is 30.3 Å². The van der Waals surface area contributed by atoms with Crippen molar-refractivity contribution < 1.29 is 8.94 Å². The maximum absolute atomic E-state index is 5.20. The first kappa shape index (κ1) is 12.0. The highest BCUT2D eigenvalue weighted by atomic mass is 79.9. The normalized spacial score (nSPS) is 10.6. The van der Waals surface area contributed by atoms with E-state index >= 15 is 0 Å². The van der Waals surface area contributed by atoms with Crippen molar-refractivity contribution in [1.29, 1.82) is 0 Å². The monoisotopic (exact) mass is 319 g/mol. The van der Waals surface area contributed by atoms with Crippen molar-refractivity contribution in [3.05, 3.63) is 53.0 Å². The Kier molecular flexibility index (Phi) is 3.33. The van der Waals surface area contributed by atoms with Crippen LogP contribution in [0.15, 0.2) is 56.1 Å². The minimum atomic E-state index is 0.455. The predicted molar refractivity (Wildman–Crippen MR) is 73.5 cm³/mol. The molecule has 0 saturated heterocycles. The van der Waals surface area contributed by atoms with Crippen LogP contribution in [-0.2, 0) is 6.54 Å². The number of halogens is 1. The van der Waals surface area contributed by atoms with Crippen LogP contribution in [0.2, 0.25) is 0 Å². The molecule has 0 fully saturated rings. The van der Waals surface area contributed by atoms with Crippen molar-refractivity contribution in [2.24, 2.45) is 0 Å². The molecule has 1 N–H and O–H groups in total. The van der Waals surface area contributed by atoms with Crippen LogP contribution in [0.25, 0.3) is 11.6 Å². The molecule has 0 spiro atoms. The number of benzene rings is 1. The molecular formula is C13H10BrN3O2. The lowest BCUT2D eigenvalue weighted by Gasteiger charge is -2.02. The highest BCUT2D eigenvalue weighted by Gasteiger charge is 2.10. The molecule has 3 aromatic rings. The second kappa shape index (κ2) is 5.27. The molecule has 0 bridgehead atoms. The quantitative estimate of drug-likeness (QED) is 0.794. The van der Waals surface area contributed by atoms with Gasteiger partial charge in [0.25, 0.3) is 0 Å². The topological polar surface area (TPSA) is 64.1 Å². The fourth-order valence-electron chi connectivity index (χ4n) is 1.61. The van der Waals surface area contributed by atoms with Gasteiger partial charge in [-0.2, -0.15) is 4.98 Å². The van der Waals surface area contributed by atoms with Gasteiger partial charge >= 0.3 is 0 Å². The second-order valence-corrected chi connectivity index (χ2v) is 4.77. The summed E-state index contributed by atoms with van der Waals surface area (Å²) in [4.78, 5) is 4.24. The average molecular weight is 320 g/mol. The van der Waals surface area contributed by atoms with Crippen LogP contribution in [0.4, 0.5) is 5.69 Å². The van der Waals surface area contributed by atoms with E-state index in [2.05, 4.69) is 31.4 Å². The van der Waals surface area contributed by atoms with Gasteiger partial charge in [0.15, 0.2) is 5.76 Å². The molecule has 1 aromatic carbocycles. The SMILES string of the molecule is Brc1cccc(NCc2nc(-c3ccco3)no2)c1. The molecule has 0 saturated carbocycles. The van der Waals surface area contributed by atoms with Gasteiger partial charge in [-0.15, -0.1) is 0 Å². The third kappa shape index (κ3) is 2.85. The molecule has 19 heavy (non-hydrogen) atoms. The zero-order valence-corrected chi connectivity index (χ0v) is 11.4. The van der Waals surface area contributed by atoms with Crippen LogP contribution in [0, 0.1) is 0 Å². The Labute approximate surface area is 117 Å². The molecule has 5 nitrogen and oxygen atoms in total. The lowest BCUT2D eigenvalue weighted by atomic mass is 10.3. The fourth-order valence-corrected chi connectivity index (χ4v) is 2.01. The van der Waals surface area contributed by atoms with Gasteiger partial charge < -0.3 is 14.3 Å². The van der Waals surface area contributed by atoms with Gasteiger partial charge in [0.1, 0.15) is 0 Å². The molecule has 2 heterocycles. The van der Waals surface area contributed by atoms with Crippen molar-refractivity contribution in [1.82, 2.24) is 10.1 Å². The summed E-state index contributed by atoms with van der Waals surface area (Å²) >= 11 is 3.41. The number of rotatable bonds is 4. The van der Waals surface area contributed by atoms with Crippen LogP contribution >= 0.6 is 15.9 Å². The number of aromatic nitrogens is 2. The number of nitrogens with zero attached hydrogens (tertiary/aromatic N) is 2. The van der Waals surface area contributed by atoms with Crippen LogP contribution in [-0.4, -0.2) is 10.1 Å². The average Bonchev–Trinajstić information content (AvgIpc) is 3.07. The van der Waals surface area contributed by atoms with Crippen molar-refractivity contribution in [2.45, 2.75) is 6.54 Å². The van der Waals surface area contributed by atoms with Gasteiger partial charge in [-0.1, -0.05) is 27.2 Å². The van der Waals surface area contributed by atoms with Gasteiger partial charge in [-0.3, -0.25) is 0 Å². The van der Waals surface area contributed by atoms with E-state index in [-0.39, 0.29) is 0 Å². The van der Waals surface area contributed by atoms with E-state index < -0.39 is 0 Å². The second-order valence-electron chi connectivity index (χ2n) is 3.85. The fraction of sp³-hybridized carbons (Fsp3) is 0.0769. The zero-order chi connectivity index (χ0) is 13.1. The van der Waals surface area contributed by atoms with Crippen LogP contribution in [0.1, 0.15) is 5.89 Å². The molecule has 0 radical (unpaired) electrons. The number of furan rings is 1. The van der Waals surface area contributed by atoms with Crippen molar-refractivity contribution in [2.75, 3.05) is 5.32 Å². The van der Waals surface area contributed by atoms with E-state index in [0.29, 0.717) is 24.0 Å². The standard InChI is InChI=1S/C13H10BrN3O2/c14-9-3-1-4-10(7-9)15-8-12-16-13(17-19-12)11-5-2-6-18-11/h1-7,15H,8H2. The summed E-state index contributed by atoms with van der Waals surface area (Å²) in [6, 6.07) is 11.4. The summed E-state index contributed by atoms with van der Waals surface area (Å²) in [6.45, 7) is 0.462. The largest absolute Gasteiger partial charge is 0.461 e. The van der Waals surface area contributed by atoms with Gasteiger partial charge in [-0.25, -0.2) is 0 Å². The molecule has 0 amide bonds. The summed E-state index contributed by atoms with van der Waals surface area (Å²) < 4.78 is 11.4. The summed E-state index contributed by atoms with van der Waals surface area (Å²) in [7, 11) is 0. The molecule has 2 aromatic heterocycles. The van der Waals surface area contributed by atoms with Crippen molar-refractivity contribution in [3.63, 3.8) is 0 Å². The maximum Gasteiger partial charge on any atom is 0.246 e. The first-order valence-corrected chi connectivity index (χ1v) is 6.46. The van der Waals surface area contributed by atoms with Crippen LogP contribution in [0.3, 0.4) is 0 Å². The van der Waals surface area contributed by atoms with Gasteiger partial charge in [0, 0.05) is 10.2 Å². The predicted octanol–water partition coefficient (Wildman–Crippen LogP) is 3.70. The minimum absolute atomic E-state index is 0.455. The molecule has 96 valence electrons. The summed E-state index contributed by atoms with van der Waals surface area (Å²) in [6.07, 6.45) is 1.57. The number of nitrogens with one attached hydrogen (secondary N) is 1. The third-order valence-electron chi connectivity index (χ3n) is 2.48. The van der Waals surface area contributed by atoms with Crippen LogP contribution < -0.4 is 5.32 Å². The first-order valence-electron chi connectivity index (χ1n) is 5.67. The molecule has 0 aliphatic rings. The van der Waals surface area contributed by atoms with E-state index in [9.17, 15) is 0 Å². The Morgan fingerprint density at radius 3 is 2.95 bits per heavy atom. The van der Waals surface area contributed by atoms with E-state index in [1.807, 2.05) is 24.3 Å². The van der Waals surface area contributed by atoms with Gasteiger partial charge in [0.2, 0.25) is 11.7 Å². The minimum Gasteiger partial charge on any atom is -0.461 e. The van der Waals surface area contributed by atoms with Crippen LogP contribution in [0.5, 0.6) is 0 Å². The van der Waals surface area contributed by atoms with Gasteiger partial charge in [0.05, 0.1) is 12.8 Å². The summed E-state index contributed by atoms with van der Waals surface area (Å²) in [5, 5.41) is 7.06. The van der Waals surface area contributed by atoms with E-state index in [0.717, 1.165) is 10.2 Å². The number of anilines is 1. The van der Waals surface area contributed by atoms with E-state index in [1.165, 1.54) is 0 Å². The van der Waals surface area contributed by atoms with E-state index in [4.69, 9.17) is 8.94 Å². The maximum atomic E-state index is 5.20. The molecular weight excluding hydrogens is 310 g/mol. The Bertz CT molecular complexity index is 664. The van der Waals surface area contributed by atoms with E-state index in [1.54, 1.807) is 18.4 Å². The number of hydrogen-bond acceptors (Lipinski definition) is 5. The summed E-state index contributed by atoms with van der Waals surface area (Å²) in [5.74, 6) is 1.56. The lowest BCUT2D eigenvalue weighted by molar-refractivity contribution is 0.382. The zero-order valence-electron chi connectivity index (χ0n) is 9.84. The Balaban J connectivity index is 1.68. The summed E-state index contributed by atoms with van der Waals surface area (Å²) in [5.41, 5.74) is 0.979. The Morgan fingerprint density at radius 1 is 1.21 bits per heavy atom. The molecule has 0 unspecified atom stereocenters. The first-order chi connectivity index (χ1) is 9.31. The molecule has 0 aliphatic heterocycles. The molecule has 6 heteroatoms. The smallest absolute Gasteiger partial charge is 0.246 e. The highest BCUT2D eigenvalue weighted by molar-refractivity contribution is 9.10. The Morgan fingerprint density at radius 2 is 2.16 bits per heavy atom. The Hall–Kier alpha value is -2.08. The van der Waals surface area contributed by atoms with Crippen molar-refractivity contribution >= 4 is 21.6 Å². The third-order valence-corrected chi connectivity index (χ3v) is 2.97. The highest BCUT2D eigenvalue weighted by Crippen LogP contribution is 2.18. The molecule has 3 rings (SSSR count). The van der Waals surface area contributed by atoms with Crippen molar-refractivity contribution in [3.8, 4) is 11.6 Å². The molecule has 0 aliphatic carbocycles. The lowest BCUT2D eigenvalue weighted by Crippen LogP contribution is -1.99. The number of hydrogen-bond donors (Lipinski definition) is 1.